The molecule has 0 saturated carbocycles. The molecule has 0 radical (unpaired) electrons. The number of rotatable bonds is 3. The maximum atomic E-state index is 6.82. The Hall–Kier alpha value is -6.72. The van der Waals surface area contributed by atoms with E-state index < -0.39 is 0 Å². The summed E-state index contributed by atoms with van der Waals surface area (Å²) in [4.78, 5) is 9.42. The summed E-state index contributed by atoms with van der Waals surface area (Å²) in [5.41, 5.74) is 12.3. The first-order valence-corrected chi connectivity index (χ1v) is 16.9. The lowest BCUT2D eigenvalue weighted by molar-refractivity contribution is 0.670. The molecule has 0 saturated heterocycles. The van der Waals surface area contributed by atoms with Gasteiger partial charge in [-0.2, -0.15) is 0 Å². The molecule has 0 atom stereocenters. The minimum absolute atomic E-state index is 0.741. The lowest BCUT2D eigenvalue weighted by atomic mass is 9.98. The standard InChI is InChI=1S/C45H28N4O/c1-27-25-40(35-15-10-24-46-45(35)47-27)49-38-18-8-4-13-31(38)32-21-20-28(26-41(32)49)43-39(23-22-34-33-14-5-9-19-42(33)50-44(34)43)48-36-16-6-2-11-29(36)30-12-3-7-17-37(30)48/h2-26H,1H3. The summed E-state index contributed by atoms with van der Waals surface area (Å²) >= 11 is 0. The first kappa shape index (κ1) is 27.3. The van der Waals surface area contributed by atoms with Crippen LogP contribution in [0.2, 0.25) is 0 Å². The third-order valence-corrected chi connectivity index (χ3v) is 10.2. The Morgan fingerprint density at radius 1 is 0.480 bits per heavy atom. The van der Waals surface area contributed by atoms with Crippen LogP contribution in [0.5, 0.6) is 0 Å². The summed E-state index contributed by atoms with van der Waals surface area (Å²) in [6, 6.07) is 52.0. The van der Waals surface area contributed by atoms with Gasteiger partial charge in [0.25, 0.3) is 0 Å². The van der Waals surface area contributed by atoms with Gasteiger partial charge in [0.05, 0.1) is 33.4 Å². The van der Waals surface area contributed by atoms with Crippen molar-refractivity contribution in [3.63, 3.8) is 0 Å². The SMILES string of the molecule is Cc1cc(-n2c3ccccc3c3ccc(-c4c(-n5c6ccccc6c6ccccc65)ccc5c4oc4ccccc45)cc32)c2cccnc2n1. The van der Waals surface area contributed by atoms with Crippen LogP contribution in [-0.2, 0) is 0 Å². The molecule has 11 rings (SSSR count). The molecule has 0 bridgehead atoms. The van der Waals surface area contributed by atoms with Crippen LogP contribution in [0, 0.1) is 6.92 Å². The van der Waals surface area contributed by atoms with Crippen molar-refractivity contribution in [2.24, 2.45) is 0 Å². The summed E-state index contributed by atoms with van der Waals surface area (Å²) < 4.78 is 11.6. The Balaban J connectivity index is 1.30. The molecular weight excluding hydrogens is 613 g/mol. The lowest BCUT2D eigenvalue weighted by Crippen LogP contribution is -2.00. The molecule has 50 heavy (non-hydrogen) atoms. The number of para-hydroxylation sites is 4. The van der Waals surface area contributed by atoms with E-state index in [2.05, 4.69) is 148 Å². The number of benzene rings is 6. The van der Waals surface area contributed by atoms with Crippen molar-refractivity contribution >= 4 is 76.6 Å². The van der Waals surface area contributed by atoms with Gasteiger partial charge in [0.15, 0.2) is 5.65 Å². The molecule has 234 valence electrons. The highest BCUT2D eigenvalue weighted by Crippen LogP contribution is 2.44. The van der Waals surface area contributed by atoms with E-state index in [1.165, 1.54) is 21.5 Å². The van der Waals surface area contributed by atoms with Crippen molar-refractivity contribution < 1.29 is 4.42 Å². The van der Waals surface area contributed by atoms with Crippen LogP contribution in [0.25, 0.3) is 99.1 Å². The Morgan fingerprint density at radius 3 is 1.78 bits per heavy atom. The second kappa shape index (κ2) is 10.1. The Morgan fingerprint density at radius 2 is 1.06 bits per heavy atom. The quantitative estimate of drug-likeness (QED) is 0.193. The molecule has 5 heterocycles. The van der Waals surface area contributed by atoms with Gasteiger partial charge >= 0.3 is 0 Å². The van der Waals surface area contributed by atoms with Gasteiger partial charge < -0.3 is 13.6 Å². The second-order valence-electron chi connectivity index (χ2n) is 13.0. The maximum absolute atomic E-state index is 6.82. The lowest BCUT2D eigenvalue weighted by Gasteiger charge is -2.16. The zero-order valence-corrected chi connectivity index (χ0v) is 27.1. The minimum Gasteiger partial charge on any atom is -0.455 e. The number of aryl methyl sites for hydroxylation is 1. The average molecular weight is 641 g/mol. The molecule has 0 aliphatic rings. The summed E-state index contributed by atoms with van der Waals surface area (Å²) in [7, 11) is 0. The van der Waals surface area contributed by atoms with E-state index >= 15 is 0 Å². The average Bonchev–Trinajstić information content (AvgIpc) is 3.81. The second-order valence-corrected chi connectivity index (χ2v) is 13.0. The number of aromatic nitrogens is 4. The smallest absolute Gasteiger partial charge is 0.161 e. The Bertz CT molecular complexity index is 3120. The molecule has 0 spiro atoms. The minimum atomic E-state index is 0.741. The van der Waals surface area contributed by atoms with E-state index in [0.717, 1.165) is 83.2 Å². The summed E-state index contributed by atoms with van der Waals surface area (Å²) in [5, 5.41) is 8.06. The fraction of sp³-hybridized carbons (Fsp3) is 0.0222. The van der Waals surface area contributed by atoms with Crippen LogP contribution >= 0.6 is 0 Å². The van der Waals surface area contributed by atoms with Crippen LogP contribution < -0.4 is 0 Å². The van der Waals surface area contributed by atoms with Gasteiger partial charge in [0.2, 0.25) is 0 Å². The van der Waals surface area contributed by atoms with Gasteiger partial charge in [-0.3, -0.25) is 0 Å². The van der Waals surface area contributed by atoms with Gasteiger partial charge in [0.1, 0.15) is 11.2 Å². The number of hydrogen-bond acceptors (Lipinski definition) is 3. The molecule has 5 aromatic heterocycles. The molecule has 0 aliphatic heterocycles. The van der Waals surface area contributed by atoms with Crippen molar-refractivity contribution in [2.45, 2.75) is 6.92 Å². The molecule has 0 aliphatic carbocycles. The van der Waals surface area contributed by atoms with Gasteiger partial charge in [0, 0.05) is 55.2 Å². The van der Waals surface area contributed by atoms with Gasteiger partial charge in [-0.05, 0) is 73.2 Å². The fourth-order valence-corrected chi connectivity index (χ4v) is 8.16. The van der Waals surface area contributed by atoms with Crippen molar-refractivity contribution in [3.05, 3.63) is 157 Å². The van der Waals surface area contributed by atoms with Gasteiger partial charge in [-0.1, -0.05) is 84.9 Å². The summed E-state index contributed by atoms with van der Waals surface area (Å²) in [6.07, 6.45) is 1.81. The predicted molar refractivity (Wildman–Crippen MR) is 206 cm³/mol. The van der Waals surface area contributed by atoms with Crippen molar-refractivity contribution in [1.82, 2.24) is 19.1 Å². The van der Waals surface area contributed by atoms with Gasteiger partial charge in [-0.25, -0.2) is 9.97 Å². The van der Waals surface area contributed by atoms with Crippen molar-refractivity contribution in [3.8, 4) is 22.5 Å². The van der Waals surface area contributed by atoms with Crippen LogP contribution in [0.4, 0.5) is 0 Å². The molecule has 0 fully saturated rings. The van der Waals surface area contributed by atoms with Crippen LogP contribution in [0.3, 0.4) is 0 Å². The molecule has 5 heteroatoms. The third kappa shape index (κ3) is 3.71. The monoisotopic (exact) mass is 640 g/mol. The van der Waals surface area contributed by atoms with Crippen molar-refractivity contribution in [2.75, 3.05) is 0 Å². The number of fused-ring (bicyclic) bond motifs is 10. The van der Waals surface area contributed by atoms with E-state index in [-0.39, 0.29) is 0 Å². The van der Waals surface area contributed by atoms with Crippen LogP contribution in [-0.4, -0.2) is 19.1 Å². The predicted octanol–water partition coefficient (Wildman–Crippen LogP) is 11.7. The summed E-state index contributed by atoms with van der Waals surface area (Å²) in [5.74, 6) is 0. The van der Waals surface area contributed by atoms with Gasteiger partial charge in [-0.15, -0.1) is 0 Å². The number of nitrogens with zero attached hydrogens (tertiary/aromatic N) is 4. The highest BCUT2D eigenvalue weighted by atomic mass is 16.3. The molecule has 5 nitrogen and oxygen atoms in total. The number of pyridine rings is 2. The number of hydrogen-bond donors (Lipinski definition) is 0. The van der Waals surface area contributed by atoms with E-state index in [0.29, 0.717) is 0 Å². The first-order valence-electron chi connectivity index (χ1n) is 16.9. The highest BCUT2D eigenvalue weighted by Gasteiger charge is 2.23. The molecule has 0 N–H and O–H groups in total. The molecule has 6 aromatic carbocycles. The maximum Gasteiger partial charge on any atom is 0.161 e. The highest BCUT2D eigenvalue weighted by molar-refractivity contribution is 6.16. The zero-order valence-electron chi connectivity index (χ0n) is 27.1. The number of furan rings is 1. The van der Waals surface area contributed by atoms with E-state index in [1.54, 1.807) is 0 Å². The fourth-order valence-electron chi connectivity index (χ4n) is 8.16. The Kier molecular flexibility index (Phi) is 5.53. The molecule has 11 aromatic rings. The molecule has 0 unspecified atom stereocenters. The Labute approximate surface area is 286 Å². The normalized spacial score (nSPS) is 12.1. The zero-order chi connectivity index (χ0) is 32.9. The summed E-state index contributed by atoms with van der Waals surface area (Å²) in [6.45, 7) is 2.04. The first-order chi connectivity index (χ1) is 24.7. The molecule has 0 amide bonds. The molecular formula is C45H28N4O. The van der Waals surface area contributed by atoms with Crippen LogP contribution in [0.15, 0.2) is 156 Å². The van der Waals surface area contributed by atoms with E-state index in [9.17, 15) is 0 Å². The third-order valence-electron chi connectivity index (χ3n) is 10.2. The topological polar surface area (TPSA) is 48.8 Å². The van der Waals surface area contributed by atoms with E-state index in [1.807, 2.05) is 25.3 Å². The van der Waals surface area contributed by atoms with Crippen LogP contribution in [0.1, 0.15) is 5.69 Å². The largest absolute Gasteiger partial charge is 0.455 e. The van der Waals surface area contributed by atoms with Crippen molar-refractivity contribution in [1.29, 1.82) is 0 Å². The van der Waals surface area contributed by atoms with E-state index in [4.69, 9.17) is 9.40 Å².